The maximum absolute atomic E-state index is 12.2. The lowest BCUT2D eigenvalue weighted by molar-refractivity contribution is -0.113. The molecule has 0 bridgehead atoms. The molecule has 0 aliphatic heterocycles. The summed E-state index contributed by atoms with van der Waals surface area (Å²) in [6, 6.07) is 5.44. The highest BCUT2D eigenvalue weighted by Crippen LogP contribution is 2.23. The molecule has 3 N–H and O–H groups in total. The van der Waals surface area contributed by atoms with Crippen LogP contribution in [0.3, 0.4) is 0 Å². The van der Waals surface area contributed by atoms with Crippen molar-refractivity contribution < 1.29 is 19.4 Å². The van der Waals surface area contributed by atoms with E-state index in [1.807, 2.05) is 12.1 Å². The van der Waals surface area contributed by atoms with Crippen molar-refractivity contribution in [3.63, 3.8) is 0 Å². The normalized spacial score (nSPS) is 12.0. The van der Waals surface area contributed by atoms with Gasteiger partial charge >= 0.3 is 5.97 Å². The Morgan fingerprint density at radius 3 is 2.65 bits per heavy atom. The summed E-state index contributed by atoms with van der Waals surface area (Å²) in [5, 5.41) is 18.0. The molecule has 6 nitrogen and oxygen atoms in total. The van der Waals surface area contributed by atoms with Gasteiger partial charge in [-0.05, 0) is 32.0 Å². The summed E-state index contributed by atoms with van der Waals surface area (Å²) in [7, 11) is 0. The number of H-pyrrole nitrogens is 1. The molecule has 1 aromatic carbocycles. The Morgan fingerprint density at radius 2 is 2.04 bits per heavy atom. The van der Waals surface area contributed by atoms with E-state index >= 15 is 0 Å². The fourth-order valence-electron chi connectivity index (χ4n) is 2.23. The minimum atomic E-state index is -0.633. The highest BCUT2D eigenvalue weighted by Gasteiger charge is 2.17. The molecule has 1 heterocycles. The molecule has 0 unspecified atom stereocenters. The number of rotatable bonds is 5. The molecule has 120 valence electrons. The summed E-state index contributed by atoms with van der Waals surface area (Å²) < 4.78 is 5.87. The zero-order valence-corrected chi connectivity index (χ0v) is 14.2. The molecule has 0 aliphatic carbocycles. The third kappa shape index (κ3) is 3.68. The molecule has 0 aliphatic rings. The Balaban J connectivity index is 2.22. The number of ketones is 1. The van der Waals surface area contributed by atoms with Crippen molar-refractivity contribution >= 4 is 44.3 Å². The van der Waals surface area contributed by atoms with E-state index in [-0.39, 0.29) is 11.3 Å². The number of allylic oxidation sites excluding steroid dienone is 1. The number of carbonyl (C=O) groups excluding carboxylic acids is 2. The van der Waals surface area contributed by atoms with Crippen molar-refractivity contribution in [3.8, 4) is 0 Å². The first-order chi connectivity index (χ1) is 10.8. The van der Waals surface area contributed by atoms with Crippen LogP contribution in [0.4, 0.5) is 0 Å². The topological polar surface area (TPSA) is 103 Å². The smallest absolute Gasteiger partial charge is 0.340 e. The fourth-order valence-corrected chi connectivity index (χ4v) is 2.59. The molecule has 7 heteroatoms. The molecule has 0 saturated heterocycles. The number of benzene rings is 1. The lowest BCUT2D eigenvalue weighted by Gasteiger charge is -2.08. The maximum Gasteiger partial charge on any atom is 0.340 e. The van der Waals surface area contributed by atoms with E-state index in [4.69, 9.17) is 10.1 Å². The third-order valence-electron chi connectivity index (χ3n) is 3.22. The molecule has 0 saturated carbocycles. The predicted octanol–water partition coefficient (Wildman–Crippen LogP) is 3.53. The SMILES string of the molecule is CC(=N)/C(C(C)=O)=C(/O)COC(=O)c1c[nH]c2ccc(Br)cc12. The maximum atomic E-state index is 12.2. The molecule has 0 radical (unpaired) electrons. The van der Waals surface area contributed by atoms with Crippen LogP contribution in [-0.2, 0) is 9.53 Å². The number of halogens is 1. The largest absolute Gasteiger partial charge is 0.508 e. The Labute approximate surface area is 140 Å². The number of esters is 1. The van der Waals surface area contributed by atoms with Crippen LogP contribution in [0.1, 0.15) is 24.2 Å². The Hall–Kier alpha value is -2.41. The second kappa shape index (κ2) is 6.78. The van der Waals surface area contributed by atoms with Crippen molar-refractivity contribution in [2.24, 2.45) is 0 Å². The molecule has 0 fully saturated rings. The Bertz CT molecular complexity index is 820. The van der Waals surface area contributed by atoms with Gasteiger partial charge in [0.25, 0.3) is 0 Å². The number of aromatic nitrogens is 1. The molecule has 0 spiro atoms. The number of hydrogen-bond acceptors (Lipinski definition) is 5. The Morgan fingerprint density at radius 1 is 1.35 bits per heavy atom. The first-order valence-corrected chi connectivity index (χ1v) is 7.53. The molecule has 23 heavy (non-hydrogen) atoms. The number of aliphatic hydroxyl groups is 1. The second-order valence-corrected chi connectivity index (χ2v) is 5.89. The van der Waals surface area contributed by atoms with Crippen molar-refractivity contribution in [1.82, 2.24) is 4.98 Å². The van der Waals surface area contributed by atoms with E-state index in [9.17, 15) is 14.7 Å². The van der Waals surface area contributed by atoms with Crippen LogP contribution in [0.2, 0.25) is 0 Å². The van der Waals surface area contributed by atoms with Gasteiger partial charge in [-0.15, -0.1) is 0 Å². The van der Waals surface area contributed by atoms with Crippen LogP contribution in [-0.4, -0.2) is 34.2 Å². The first-order valence-electron chi connectivity index (χ1n) is 6.73. The van der Waals surface area contributed by atoms with E-state index in [2.05, 4.69) is 20.9 Å². The van der Waals surface area contributed by atoms with Gasteiger partial charge in [0.1, 0.15) is 12.4 Å². The minimum Gasteiger partial charge on any atom is -0.508 e. The molecular formula is C16H15BrN2O4. The number of carbonyl (C=O) groups is 2. The van der Waals surface area contributed by atoms with Crippen LogP contribution in [0.25, 0.3) is 10.9 Å². The molecule has 2 rings (SSSR count). The summed E-state index contributed by atoms with van der Waals surface area (Å²) in [5.41, 5.74) is 0.881. The fraction of sp³-hybridized carbons (Fsp3) is 0.188. The average Bonchev–Trinajstić information content (AvgIpc) is 2.86. The van der Waals surface area contributed by atoms with Crippen LogP contribution in [0, 0.1) is 5.41 Å². The Kier molecular flexibility index (Phi) is 5.00. The summed E-state index contributed by atoms with van der Waals surface area (Å²) in [4.78, 5) is 26.5. The second-order valence-electron chi connectivity index (χ2n) is 4.97. The minimum absolute atomic E-state index is 0.0814. The summed E-state index contributed by atoms with van der Waals surface area (Å²) in [6.07, 6.45) is 1.52. The molecule has 2 aromatic rings. The van der Waals surface area contributed by atoms with Crippen molar-refractivity contribution in [2.75, 3.05) is 6.61 Å². The van der Waals surface area contributed by atoms with E-state index in [1.54, 1.807) is 6.07 Å². The first kappa shape index (κ1) is 17.0. The number of aliphatic hydroxyl groups excluding tert-OH is 1. The number of aromatic amines is 1. The van der Waals surface area contributed by atoms with E-state index in [0.29, 0.717) is 10.9 Å². The summed E-state index contributed by atoms with van der Waals surface area (Å²) in [6.45, 7) is 2.15. The quantitative estimate of drug-likeness (QED) is 0.320. The van der Waals surface area contributed by atoms with Crippen molar-refractivity contribution in [1.29, 1.82) is 5.41 Å². The van der Waals surface area contributed by atoms with Crippen LogP contribution < -0.4 is 0 Å². The van der Waals surface area contributed by atoms with E-state index in [1.165, 1.54) is 20.0 Å². The highest BCUT2D eigenvalue weighted by molar-refractivity contribution is 9.10. The summed E-state index contributed by atoms with van der Waals surface area (Å²) >= 11 is 3.34. The van der Waals surface area contributed by atoms with Crippen LogP contribution in [0.15, 0.2) is 40.2 Å². The van der Waals surface area contributed by atoms with Gasteiger partial charge in [0.2, 0.25) is 0 Å². The molecule has 0 amide bonds. The monoisotopic (exact) mass is 378 g/mol. The number of nitrogens with one attached hydrogen (secondary N) is 2. The number of hydrogen-bond donors (Lipinski definition) is 3. The lowest BCUT2D eigenvalue weighted by Crippen LogP contribution is -2.15. The predicted molar refractivity (Wildman–Crippen MR) is 90.0 cm³/mol. The van der Waals surface area contributed by atoms with Crippen molar-refractivity contribution in [2.45, 2.75) is 13.8 Å². The van der Waals surface area contributed by atoms with Gasteiger partial charge in [0, 0.05) is 27.3 Å². The molecule has 1 aromatic heterocycles. The zero-order chi connectivity index (χ0) is 17.1. The van der Waals surface area contributed by atoms with Gasteiger partial charge in [-0.3, -0.25) is 4.79 Å². The average molecular weight is 379 g/mol. The number of Topliss-reactive ketones (excluding diaryl/α,β-unsaturated/α-hetero) is 1. The van der Waals surface area contributed by atoms with Crippen LogP contribution >= 0.6 is 15.9 Å². The van der Waals surface area contributed by atoms with Gasteiger partial charge in [0.15, 0.2) is 5.78 Å². The van der Waals surface area contributed by atoms with E-state index < -0.39 is 24.1 Å². The lowest BCUT2D eigenvalue weighted by atomic mass is 10.1. The van der Waals surface area contributed by atoms with Gasteiger partial charge in [-0.1, -0.05) is 15.9 Å². The molecule has 0 atom stereocenters. The third-order valence-corrected chi connectivity index (χ3v) is 3.71. The van der Waals surface area contributed by atoms with Crippen molar-refractivity contribution in [3.05, 3.63) is 45.8 Å². The van der Waals surface area contributed by atoms with Gasteiger partial charge < -0.3 is 20.2 Å². The number of fused-ring (bicyclic) bond motifs is 1. The van der Waals surface area contributed by atoms with E-state index in [0.717, 1.165) is 9.99 Å². The standard InChI is InChI=1S/C16H15BrN2O4/c1-8(18)15(9(2)20)14(21)7-23-16(22)12-6-19-13-4-3-10(17)5-11(12)13/h3-6,18-19,21H,7H2,1-2H3/b15-14-,18-8?. The van der Waals surface area contributed by atoms with Gasteiger partial charge in [-0.2, -0.15) is 0 Å². The zero-order valence-electron chi connectivity index (χ0n) is 12.6. The highest BCUT2D eigenvalue weighted by atomic mass is 79.9. The number of ether oxygens (including phenoxy) is 1. The molecular weight excluding hydrogens is 364 g/mol. The van der Waals surface area contributed by atoms with Gasteiger partial charge in [-0.25, -0.2) is 4.79 Å². The van der Waals surface area contributed by atoms with Crippen LogP contribution in [0.5, 0.6) is 0 Å². The van der Waals surface area contributed by atoms with Gasteiger partial charge in [0.05, 0.1) is 11.1 Å². The summed E-state index contributed by atoms with van der Waals surface area (Å²) in [5.74, 6) is -1.52.